The van der Waals surface area contributed by atoms with Crippen molar-refractivity contribution < 1.29 is 9.53 Å². The van der Waals surface area contributed by atoms with E-state index in [9.17, 15) is 4.79 Å². The molecule has 1 aromatic carbocycles. The first kappa shape index (κ1) is 18.0. The van der Waals surface area contributed by atoms with Crippen molar-refractivity contribution in [3.63, 3.8) is 0 Å². The van der Waals surface area contributed by atoms with E-state index in [1.807, 2.05) is 6.92 Å². The average Bonchev–Trinajstić information content (AvgIpc) is 3.25. The number of ether oxygens (including phenoxy) is 1. The first-order valence-corrected chi connectivity index (χ1v) is 8.87. The molecule has 0 aliphatic rings. The van der Waals surface area contributed by atoms with Gasteiger partial charge in [0.25, 0.3) is 0 Å². The van der Waals surface area contributed by atoms with Gasteiger partial charge in [0.05, 0.1) is 12.3 Å². The molecule has 0 aliphatic carbocycles. The van der Waals surface area contributed by atoms with E-state index >= 15 is 0 Å². The number of aromatic nitrogens is 3. The summed E-state index contributed by atoms with van der Waals surface area (Å²) in [5, 5.41) is 5.91. The van der Waals surface area contributed by atoms with E-state index < -0.39 is 5.97 Å². The molecule has 0 unspecified atom stereocenters. The second-order valence-electron chi connectivity index (χ2n) is 5.07. The molecule has 3 rings (SSSR count). The number of hydrogen-bond acceptors (Lipinski definition) is 7. The Balaban J connectivity index is 2.01. The lowest BCUT2D eigenvalue weighted by Crippen LogP contribution is -2.06. The summed E-state index contributed by atoms with van der Waals surface area (Å²) in [6.45, 7) is 3.84. The minimum Gasteiger partial charge on any atom is -0.462 e. The third-order valence-electron chi connectivity index (χ3n) is 3.37. The lowest BCUT2D eigenvalue weighted by atomic mass is 10.2. The van der Waals surface area contributed by atoms with E-state index in [2.05, 4.69) is 26.1 Å². The Bertz CT molecular complexity index is 974. The molecule has 2 aromatic heterocycles. The average molecular weight is 388 g/mol. The molecule has 0 spiro atoms. The third-order valence-corrected chi connectivity index (χ3v) is 4.79. The lowest BCUT2D eigenvalue weighted by Gasteiger charge is -2.02. The summed E-state index contributed by atoms with van der Waals surface area (Å²) >= 11 is 7.13. The molecule has 2 heterocycles. The van der Waals surface area contributed by atoms with Gasteiger partial charge >= 0.3 is 5.97 Å². The number of nitrogens with zero attached hydrogens (tertiary/aromatic N) is 5. The number of carbonyl (C=O) groups is 1. The highest BCUT2D eigenvalue weighted by Crippen LogP contribution is 2.37. The van der Waals surface area contributed by atoms with Crippen LogP contribution in [-0.2, 0) is 4.74 Å². The Kier molecular flexibility index (Phi) is 5.58. The van der Waals surface area contributed by atoms with Gasteiger partial charge in [0.2, 0.25) is 0 Å². The molecule has 0 fully saturated rings. The van der Waals surface area contributed by atoms with Gasteiger partial charge < -0.3 is 4.74 Å². The van der Waals surface area contributed by atoms with Gasteiger partial charge in [-0.25, -0.2) is 14.5 Å². The zero-order chi connectivity index (χ0) is 18.5. The molecular formula is C17H14ClN5O2S. The molecule has 3 aromatic rings. The molecule has 0 aliphatic heterocycles. The highest BCUT2D eigenvalue weighted by Gasteiger charge is 2.23. The van der Waals surface area contributed by atoms with Crippen molar-refractivity contribution >= 4 is 45.6 Å². The van der Waals surface area contributed by atoms with E-state index in [1.165, 1.54) is 17.7 Å². The molecular weight excluding hydrogens is 374 g/mol. The standard InChI is InChI=1S/C17H14ClN5O2S/c1-3-25-17(24)14-11(2)16(23-10-19-8-22-23)26-15(14)21-9-20-13-6-4-12(18)5-7-13/h4-8,10H,3H2,1-2H3. The Morgan fingerprint density at radius 2 is 2.12 bits per heavy atom. The highest BCUT2D eigenvalue weighted by atomic mass is 35.5. The van der Waals surface area contributed by atoms with Crippen molar-refractivity contribution in [2.24, 2.45) is 9.98 Å². The number of esters is 1. The van der Waals surface area contributed by atoms with Crippen molar-refractivity contribution in [2.75, 3.05) is 6.61 Å². The van der Waals surface area contributed by atoms with Crippen LogP contribution < -0.4 is 0 Å². The number of carbonyl (C=O) groups excluding carboxylic acids is 1. The molecule has 0 radical (unpaired) electrons. The molecule has 132 valence electrons. The van der Waals surface area contributed by atoms with Gasteiger partial charge in [-0.05, 0) is 38.1 Å². The molecule has 0 amide bonds. The summed E-state index contributed by atoms with van der Waals surface area (Å²) in [4.78, 5) is 24.6. The second kappa shape index (κ2) is 8.05. The summed E-state index contributed by atoms with van der Waals surface area (Å²) in [7, 11) is 0. The number of hydrogen-bond donors (Lipinski definition) is 0. The first-order chi connectivity index (χ1) is 12.6. The molecule has 0 N–H and O–H groups in total. The topological polar surface area (TPSA) is 81.7 Å². The van der Waals surface area contributed by atoms with Crippen LogP contribution in [0.15, 0.2) is 46.9 Å². The third kappa shape index (κ3) is 3.88. The molecule has 0 bridgehead atoms. The zero-order valence-electron chi connectivity index (χ0n) is 14.0. The normalized spacial score (nSPS) is 10.3. The van der Waals surface area contributed by atoms with Crippen LogP contribution in [0.4, 0.5) is 10.7 Å². The lowest BCUT2D eigenvalue weighted by molar-refractivity contribution is 0.0527. The SMILES string of the molecule is CCOC(=O)c1c(N=C=Nc2ccc(Cl)cc2)sc(-n2cncn2)c1C. The minimum absolute atomic E-state index is 0.273. The smallest absolute Gasteiger partial charge is 0.341 e. The Morgan fingerprint density at radius 1 is 1.35 bits per heavy atom. The maximum Gasteiger partial charge on any atom is 0.341 e. The van der Waals surface area contributed by atoms with Gasteiger partial charge in [-0.1, -0.05) is 22.9 Å². The van der Waals surface area contributed by atoms with E-state index in [1.54, 1.807) is 42.2 Å². The summed E-state index contributed by atoms with van der Waals surface area (Å²) in [6.07, 6.45) is 2.98. The number of rotatable bonds is 5. The van der Waals surface area contributed by atoms with Crippen LogP contribution in [0, 0.1) is 6.92 Å². The van der Waals surface area contributed by atoms with Crippen LogP contribution in [0.5, 0.6) is 0 Å². The number of aliphatic imine (C=N–C) groups is 2. The van der Waals surface area contributed by atoms with Crippen molar-refractivity contribution in [3.8, 4) is 5.00 Å². The molecule has 0 atom stereocenters. The van der Waals surface area contributed by atoms with Crippen LogP contribution in [0.2, 0.25) is 5.02 Å². The van der Waals surface area contributed by atoms with Crippen molar-refractivity contribution in [3.05, 3.63) is 53.1 Å². The largest absolute Gasteiger partial charge is 0.462 e. The second-order valence-corrected chi connectivity index (χ2v) is 6.49. The monoisotopic (exact) mass is 387 g/mol. The van der Waals surface area contributed by atoms with E-state index in [0.29, 0.717) is 26.8 Å². The number of thiophene rings is 1. The fourth-order valence-corrected chi connectivity index (χ4v) is 3.36. The van der Waals surface area contributed by atoms with Crippen molar-refractivity contribution in [1.82, 2.24) is 14.8 Å². The Morgan fingerprint density at radius 3 is 2.77 bits per heavy atom. The minimum atomic E-state index is -0.445. The molecule has 0 saturated heterocycles. The van der Waals surface area contributed by atoms with E-state index in [0.717, 1.165) is 5.00 Å². The van der Waals surface area contributed by atoms with Gasteiger partial charge in [-0.15, -0.1) is 0 Å². The summed E-state index contributed by atoms with van der Waals surface area (Å²) in [5.41, 5.74) is 1.74. The van der Waals surface area contributed by atoms with E-state index in [4.69, 9.17) is 16.3 Å². The summed E-state index contributed by atoms with van der Waals surface area (Å²) < 4.78 is 6.73. The molecule has 9 heteroatoms. The molecule has 0 saturated carbocycles. The predicted octanol–water partition coefficient (Wildman–Crippen LogP) is 4.60. The molecule has 7 nitrogen and oxygen atoms in total. The van der Waals surface area contributed by atoms with E-state index in [-0.39, 0.29) is 6.61 Å². The zero-order valence-corrected chi connectivity index (χ0v) is 15.6. The summed E-state index contributed by atoms with van der Waals surface area (Å²) in [5.74, 6) is -0.445. The van der Waals surface area contributed by atoms with Crippen LogP contribution >= 0.6 is 22.9 Å². The first-order valence-electron chi connectivity index (χ1n) is 7.67. The Labute approximate surface area is 158 Å². The maximum absolute atomic E-state index is 12.3. The van der Waals surface area contributed by atoms with Crippen molar-refractivity contribution in [2.45, 2.75) is 13.8 Å². The van der Waals surface area contributed by atoms with Gasteiger partial charge in [0, 0.05) is 10.6 Å². The highest BCUT2D eigenvalue weighted by molar-refractivity contribution is 7.18. The maximum atomic E-state index is 12.3. The number of halogens is 1. The van der Waals surface area contributed by atoms with Crippen LogP contribution in [0.1, 0.15) is 22.8 Å². The van der Waals surface area contributed by atoms with Gasteiger partial charge in [-0.3, -0.25) is 0 Å². The van der Waals surface area contributed by atoms with Gasteiger partial charge in [0.1, 0.15) is 34.2 Å². The van der Waals surface area contributed by atoms with Gasteiger partial charge in [0.15, 0.2) is 0 Å². The number of benzene rings is 1. The Hall–Kier alpha value is -2.80. The quantitative estimate of drug-likeness (QED) is 0.473. The van der Waals surface area contributed by atoms with Crippen LogP contribution in [0.25, 0.3) is 5.00 Å². The molecule has 26 heavy (non-hydrogen) atoms. The fraction of sp³-hybridized carbons (Fsp3) is 0.176. The van der Waals surface area contributed by atoms with Crippen LogP contribution in [0.3, 0.4) is 0 Å². The van der Waals surface area contributed by atoms with Crippen molar-refractivity contribution in [1.29, 1.82) is 0 Å². The van der Waals surface area contributed by atoms with Crippen LogP contribution in [-0.4, -0.2) is 33.3 Å². The predicted molar refractivity (Wildman–Crippen MR) is 101 cm³/mol. The summed E-state index contributed by atoms with van der Waals surface area (Å²) in [6, 6.07) is 9.57. The van der Waals surface area contributed by atoms with Gasteiger partial charge in [-0.2, -0.15) is 15.1 Å². The fourth-order valence-electron chi connectivity index (χ4n) is 2.18.